The van der Waals surface area contributed by atoms with Gasteiger partial charge in [0, 0.05) is 19.1 Å². The van der Waals surface area contributed by atoms with Crippen molar-refractivity contribution in [3.8, 4) is 0 Å². The number of carbonyl (C=O) groups excluding carboxylic acids is 1. The van der Waals surface area contributed by atoms with Gasteiger partial charge in [-0.05, 0) is 29.7 Å². The highest BCUT2D eigenvalue weighted by molar-refractivity contribution is 7.89. The number of hydrogen-bond acceptors (Lipinski definition) is 5. The molecule has 22 heavy (non-hydrogen) atoms. The van der Waals surface area contributed by atoms with Crippen LogP contribution in [0.5, 0.6) is 0 Å². The fraction of sp³-hybridized carbons (Fsp3) is 0.333. The van der Waals surface area contributed by atoms with Crippen LogP contribution in [0.2, 0.25) is 0 Å². The van der Waals surface area contributed by atoms with Crippen molar-refractivity contribution in [2.45, 2.75) is 31.6 Å². The quantitative estimate of drug-likeness (QED) is 0.831. The molecule has 0 saturated carbocycles. The van der Waals surface area contributed by atoms with Crippen molar-refractivity contribution in [1.29, 1.82) is 0 Å². The molecule has 1 aliphatic rings. The van der Waals surface area contributed by atoms with Crippen LogP contribution in [0, 0.1) is 5.41 Å². The fourth-order valence-corrected chi connectivity index (χ4v) is 2.82. The summed E-state index contributed by atoms with van der Waals surface area (Å²) in [5, 5.41) is 15.0. The molecule has 0 heterocycles. The Morgan fingerprint density at radius 3 is 2.32 bits per heavy atom. The van der Waals surface area contributed by atoms with E-state index < -0.39 is 10.0 Å². The van der Waals surface area contributed by atoms with Crippen molar-refractivity contribution < 1.29 is 18.3 Å². The Morgan fingerprint density at radius 1 is 1.23 bits per heavy atom. The van der Waals surface area contributed by atoms with Crippen LogP contribution in [0.15, 0.2) is 45.5 Å². The van der Waals surface area contributed by atoms with Crippen LogP contribution in [-0.4, -0.2) is 25.5 Å². The number of aliphatic hydroxyl groups is 1. The molecule has 1 aliphatic carbocycles. The number of aliphatic imine (C=N–C) groups is 1. The molecule has 1 aromatic carbocycles. The number of aliphatic hydroxyl groups excluding tert-OH is 1. The van der Waals surface area contributed by atoms with E-state index in [-0.39, 0.29) is 27.4 Å². The highest BCUT2D eigenvalue weighted by atomic mass is 32.2. The number of benzene rings is 1. The number of hydrogen-bond donors (Lipinski definition) is 2. The monoisotopic (exact) mass is 322 g/mol. The van der Waals surface area contributed by atoms with E-state index in [0.29, 0.717) is 18.5 Å². The molecule has 1 aromatic rings. The summed E-state index contributed by atoms with van der Waals surface area (Å²) in [5.41, 5.74) is 0.413. The van der Waals surface area contributed by atoms with Crippen LogP contribution in [0.3, 0.4) is 0 Å². The van der Waals surface area contributed by atoms with Crippen molar-refractivity contribution in [3.05, 3.63) is 35.6 Å². The SMILES string of the molecule is CC1(C)CC(=O)C(C=Nc2ccc(S(N)(=O)=O)cc2)=C(O)C1. The molecule has 0 unspecified atom stereocenters. The predicted molar refractivity (Wildman–Crippen MR) is 83.6 cm³/mol. The summed E-state index contributed by atoms with van der Waals surface area (Å²) in [6.45, 7) is 3.84. The van der Waals surface area contributed by atoms with Gasteiger partial charge in [-0.1, -0.05) is 13.8 Å². The van der Waals surface area contributed by atoms with E-state index in [4.69, 9.17) is 5.14 Å². The lowest BCUT2D eigenvalue weighted by Gasteiger charge is -2.28. The lowest BCUT2D eigenvalue weighted by Crippen LogP contribution is -2.26. The summed E-state index contributed by atoms with van der Waals surface area (Å²) >= 11 is 0. The van der Waals surface area contributed by atoms with E-state index >= 15 is 0 Å². The van der Waals surface area contributed by atoms with Gasteiger partial charge in [0.1, 0.15) is 5.76 Å². The molecule has 3 N–H and O–H groups in total. The Labute approximate surface area is 129 Å². The molecule has 0 fully saturated rings. The minimum Gasteiger partial charge on any atom is -0.511 e. The van der Waals surface area contributed by atoms with Crippen molar-refractivity contribution in [2.75, 3.05) is 0 Å². The maximum Gasteiger partial charge on any atom is 0.238 e. The van der Waals surface area contributed by atoms with Gasteiger partial charge in [0.2, 0.25) is 10.0 Å². The van der Waals surface area contributed by atoms with Crippen molar-refractivity contribution in [2.24, 2.45) is 15.5 Å². The van der Waals surface area contributed by atoms with E-state index in [2.05, 4.69) is 4.99 Å². The van der Waals surface area contributed by atoms with Crippen LogP contribution in [0.4, 0.5) is 5.69 Å². The molecule has 0 amide bonds. The molecule has 0 spiro atoms. The Balaban J connectivity index is 2.24. The van der Waals surface area contributed by atoms with Gasteiger partial charge in [-0.2, -0.15) is 0 Å². The topological polar surface area (TPSA) is 110 Å². The van der Waals surface area contributed by atoms with Crippen LogP contribution in [0.1, 0.15) is 26.7 Å². The first-order valence-electron chi connectivity index (χ1n) is 6.71. The lowest BCUT2D eigenvalue weighted by molar-refractivity contribution is -0.117. The van der Waals surface area contributed by atoms with Gasteiger partial charge in [-0.3, -0.25) is 9.79 Å². The van der Waals surface area contributed by atoms with Crippen molar-refractivity contribution >= 4 is 27.7 Å². The maximum atomic E-state index is 12.0. The number of allylic oxidation sites excluding steroid dienone is 2. The summed E-state index contributed by atoms with van der Waals surface area (Å²) in [5.74, 6) is -0.121. The molecular formula is C15H18N2O4S. The molecule has 0 saturated heterocycles. The standard InChI is InChI=1S/C15H18N2O4S/c1-15(2)7-13(18)12(14(19)8-15)9-17-10-3-5-11(6-4-10)22(16,20)21/h3-6,9,18H,7-8H2,1-2H3,(H2,16,20,21). The summed E-state index contributed by atoms with van der Waals surface area (Å²) in [7, 11) is -3.74. The smallest absolute Gasteiger partial charge is 0.238 e. The molecule has 0 atom stereocenters. The third-order valence-electron chi connectivity index (χ3n) is 3.40. The minimum atomic E-state index is -3.74. The third-order valence-corrected chi connectivity index (χ3v) is 4.33. The average Bonchev–Trinajstić information content (AvgIpc) is 2.35. The number of primary sulfonamides is 1. The zero-order valence-corrected chi connectivity index (χ0v) is 13.2. The fourth-order valence-electron chi connectivity index (χ4n) is 2.31. The van der Waals surface area contributed by atoms with Crippen LogP contribution in [-0.2, 0) is 14.8 Å². The van der Waals surface area contributed by atoms with Crippen LogP contribution >= 0.6 is 0 Å². The molecule has 2 rings (SSSR count). The second-order valence-electron chi connectivity index (χ2n) is 6.10. The minimum absolute atomic E-state index is 0.0102. The number of sulfonamides is 1. The van der Waals surface area contributed by atoms with E-state index in [1.54, 1.807) is 0 Å². The summed E-state index contributed by atoms with van der Waals surface area (Å²) in [6, 6.07) is 5.63. The maximum absolute atomic E-state index is 12.0. The summed E-state index contributed by atoms with van der Waals surface area (Å²) in [6.07, 6.45) is 2.09. The van der Waals surface area contributed by atoms with E-state index in [0.717, 1.165) is 0 Å². The normalized spacial score (nSPS) is 19.0. The average molecular weight is 322 g/mol. The van der Waals surface area contributed by atoms with Gasteiger partial charge in [-0.25, -0.2) is 13.6 Å². The van der Waals surface area contributed by atoms with Gasteiger partial charge < -0.3 is 5.11 Å². The highest BCUT2D eigenvalue weighted by Crippen LogP contribution is 2.35. The largest absolute Gasteiger partial charge is 0.511 e. The number of Topliss-reactive ketones (excluding diaryl/α,β-unsaturated/α-hetero) is 1. The zero-order valence-electron chi connectivity index (χ0n) is 12.4. The molecule has 118 valence electrons. The van der Waals surface area contributed by atoms with Gasteiger partial charge in [0.05, 0.1) is 16.2 Å². The van der Waals surface area contributed by atoms with Crippen LogP contribution in [0.25, 0.3) is 0 Å². The number of ketones is 1. The number of rotatable bonds is 3. The Morgan fingerprint density at radius 2 is 1.82 bits per heavy atom. The van der Waals surface area contributed by atoms with Gasteiger partial charge in [0.25, 0.3) is 0 Å². The van der Waals surface area contributed by atoms with Crippen LogP contribution < -0.4 is 5.14 Å². The summed E-state index contributed by atoms with van der Waals surface area (Å²) < 4.78 is 22.3. The zero-order chi connectivity index (χ0) is 16.5. The molecule has 7 heteroatoms. The van der Waals surface area contributed by atoms with E-state index in [1.807, 2.05) is 13.8 Å². The van der Waals surface area contributed by atoms with Gasteiger partial charge in [-0.15, -0.1) is 0 Å². The molecule has 0 aromatic heterocycles. The van der Waals surface area contributed by atoms with E-state index in [1.165, 1.54) is 30.5 Å². The first-order chi connectivity index (χ1) is 10.1. The highest BCUT2D eigenvalue weighted by Gasteiger charge is 2.32. The number of carbonyl (C=O) groups is 1. The second kappa shape index (κ2) is 5.66. The third kappa shape index (κ3) is 3.80. The lowest BCUT2D eigenvalue weighted by atomic mass is 9.77. The van der Waals surface area contributed by atoms with Crippen molar-refractivity contribution in [3.63, 3.8) is 0 Å². The predicted octanol–water partition coefficient (Wildman–Crippen LogP) is 2.24. The Kier molecular flexibility index (Phi) is 4.21. The van der Waals surface area contributed by atoms with Gasteiger partial charge in [0.15, 0.2) is 5.78 Å². The Hall–Kier alpha value is -1.99. The summed E-state index contributed by atoms with van der Waals surface area (Å²) in [4.78, 5) is 16.1. The Bertz CT molecular complexity index is 759. The molecule has 0 aliphatic heterocycles. The van der Waals surface area contributed by atoms with E-state index in [9.17, 15) is 18.3 Å². The second-order valence-corrected chi connectivity index (χ2v) is 7.66. The first-order valence-corrected chi connectivity index (χ1v) is 8.25. The molecule has 6 nitrogen and oxygen atoms in total. The molecule has 0 bridgehead atoms. The molecule has 0 radical (unpaired) electrons. The molecular weight excluding hydrogens is 304 g/mol. The number of nitrogens with zero attached hydrogens (tertiary/aromatic N) is 1. The first kappa shape index (κ1) is 16.4. The van der Waals surface area contributed by atoms with Gasteiger partial charge >= 0.3 is 0 Å². The van der Waals surface area contributed by atoms with Crippen molar-refractivity contribution in [1.82, 2.24) is 0 Å². The number of nitrogens with two attached hydrogens (primary N) is 1.